The van der Waals surface area contributed by atoms with Gasteiger partial charge in [0.25, 0.3) is 0 Å². The summed E-state index contributed by atoms with van der Waals surface area (Å²) in [6.07, 6.45) is 7.58. The van der Waals surface area contributed by atoms with Crippen LogP contribution in [0.2, 0.25) is 0 Å². The first-order valence-electron chi connectivity index (χ1n) is 7.15. The van der Waals surface area contributed by atoms with E-state index in [-0.39, 0.29) is 6.03 Å². The Labute approximate surface area is 109 Å². The van der Waals surface area contributed by atoms with E-state index in [4.69, 9.17) is 0 Å². The molecule has 2 fully saturated rings. The Kier molecular flexibility index (Phi) is 4.83. The minimum atomic E-state index is -0.776. The third kappa shape index (κ3) is 4.14. The van der Waals surface area contributed by atoms with Crippen LogP contribution in [-0.2, 0) is 0 Å². The number of urea groups is 1. The zero-order chi connectivity index (χ0) is 12.8. The molecule has 0 aromatic carbocycles. The molecule has 1 saturated carbocycles. The number of aliphatic hydroxyl groups is 1. The van der Waals surface area contributed by atoms with Gasteiger partial charge in [0, 0.05) is 19.1 Å². The lowest BCUT2D eigenvalue weighted by molar-refractivity contribution is 0.0193. The van der Waals surface area contributed by atoms with E-state index in [1.807, 2.05) is 0 Å². The van der Waals surface area contributed by atoms with Crippen LogP contribution in [0.5, 0.6) is 0 Å². The number of carbonyl (C=O) groups is 1. The first-order valence-corrected chi connectivity index (χ1v) is 7.15. The molecule has 0 spiro atoms. The number of β-amino-alcohol motifs (C(OH)–C–C–N with tert-alkyl or cyclic N) is 1. The maximum Gasteiger partial charge on any atom is 0.315 e. The molecule has 2 amide bonds. The topological polar surface area (TPSA) is 73.4 Å². The summed E-state index contributed by atoms with van der Waals surface area (Å²) in [6.45, 7) is 1.85. The fourth-order valence-corrected chi connectivity index (χ4v) is 2.83. The summed E-state index contributed by atoms with van der Waals surface area (Å²) >= 11 is 0. The van der Waals surface area contributed by atoms with Gasteiger partial charge in [-0.2, -0.15) is 0 Å². The van der Waals surface area contributed by atoms with Crippen LogP contribution in [0.25, 0.3) is 0 Å². The van der Waals surface area contributed by atoms with E-state index >= 15 is 0 Å². The van der Waals surface area contributed by atoms with E-state index in [0.717, 1.165) is 32.2 Å². The van der Waals surface area contributed by atoms with Crippen LogP contribution >= 0.6 is 0 Å². The molecule has 104 valence electrons. The lowest BCUT2D eigenvalue weighted by Gasteiger charge is -2.33. The Bertz CT molecular complexity index is 271. The second-order valence-corrected chi connectivity index (χ2v) is 5.67. The van der Waals surface area contributed by atoms with Crippen molar-refractivity contribution in [2.45, 2.75) is 56.6 Å². The van der Waals surface area contributed by atoms with Crippen molar-refractivity contribution in [3.05, 3.63) is 0 Å². The quantitative estimate of drug-likeness (QED) is 0.601. The number of hydrogen-bond donors (Lipinski definition) is 4. The van der Waals surface area contributed by atoms with E-state index < -0.39 is 5.60 Å². The summed E-state index contributed by atoms with van der Waals surface area (Å²) in [7, 11) is 0. The molecule has 0 radical (unpaired) electrons. The van der Waals surface area contributed by atoms with Gasteiger partial charge in [-0.05, 0) is 32.2 Å². The fourth-order valence-electron chi connectivity index (χ4n) is 2.83. The van der Waals surface area contributed by atoms with E-state index in [2.05, 4.69) is 16.0 Å². The summed E-state index contributed by atoms with van der Waals surface area (Å²) < 4.78 is 0. The first-order chi connectivity index (χ1) is 8.68. The average molecular weight is 255 g/mol. The van der Waals surface area contributed by atoms with E-state index in [9.17, 15) is 9.90 Å². The summed E-state index contributed by atoms with van der Waals surface area (Å²) in [4.78, 5) is 11.7. The molecule has 1 heterocycles. The van der Waals surface area contributed by atoms with Crippen molar-refractivity contribution in [1.29, 1.82) is 0 Å². The maximum atomic E-state index is 11.7. The Hall–Kier alpha value is -0.810. The normalized spacial score (nSPS) is 29.8. The highest BCUT2D eigenvalue weighted by atomic mass is 16.3. The SMILES string of the molecule is O=C(NCC1(O)CCCNC1)NC1CCCCC1. The summed E-state index contributed by atoms with van der Waals surface area (Å²) in [6, 6.07) is 0.179. The number of amides is 2. The van der Waals surface area contributed by atoms with Gasteiger partial charge in [0.2, 0.25) is 0 Å². The average Bonchev–Trinajstić information content (AvgIpc) is 2.39. The largest absolute Gasteiger partial charge is 0.387 e. The molecule has 0 aromatic heterocycles. The molecule has 2 aliphatic rings. The van der Waals surface area contributed by atoms with Gasteiger partial charge in [-0.3, -0.25) is 0 Å². The second-order valence-electron chi connectivity index (χ2n) is 5.67. The predicted octanol–water partition coefficient (Wildman–Crippen LogP) is 0.733. The van der Waals surface area contributed by atoms with Crippen molar-refractivity contribution < 1.29 is 9.90 Å². The molecule has 1 atom stereocenters. The minimum Gasteiger partial charge on any atom is -0.387 e. The van der Waals surface area contributed by atoms with Gasteiger partial charge in [-0.25, -0.2) is 4.79 Å². The molecular weight excluding hydrogens is 230 g/mol. The van der Waals surface area contributed by atoms with Crippen LogP contribution in [0.3, 0.4) is 0 Å². The van der Waals surface area contributed by atoms with Crippen LogP contribution in [0.1, 0.15) is 44.9 Å². The lowest BCUT2D eigenvalue weighted by Crippen LogP contribution is -2.55. The van der Waals surface area contributed by atoms with Gasteiger partial charge >= 0.3 is 6.03 Å². The molecule has 0 aromatic rings. The predicted molar refractivity (Wildman–Crippen MR) is 70.5 cm³/mol. The Balaban J connectivity index is 1.67. The monoisotopic (exact) mass is 255 g/mol. The molecule has 0 bridgehead atoms. The highest BCUT2D eigenvalue weighted by molar-refractivity contribution is 5.74. The second kappa shape index (κ2) is 6.38. The Morgan fingerprint density at radius 2 is 2.06 bits per heavy atom. The van der Waals surface area contributed by atoms with Crippen LogP contribution in [0.4, 0.5) is 4.79 Å². The number of hydrogen-bond acceptors (Lipinski definition) is 3. The van der Waals surface area contributed by atoms with Gasteiger partial charge in [0.15, 0.2) is 0 Å². The van der Waals surface area contributed by atoms with Gasteiger partial charge < -0.3 is 21.1 Å². The molecule has 1 aliphatic carbocycles. The standard InChI is InChI=1S/C13H25N3O2/c17-12(16-11-5-2-1-3-6-11)15-10-13(18)7-4-8-14-9-13/h11,14,18H,1-10H2,(H2,15,16,17). The number of carbonyl (C=O) groups excluding carboxylic acids is 1. The third-order valence-corrected chi connectivity index (χ3v) is 3.97. The molecule has 5 nitrogen and oxygen atoms in total. The fraction of sp³-hybridized carbons (Fsp3) is 0.923. The highest BCUT2D eigenvalue weighted by Crippen LogP contribution is 2.17. The van der Waals surface area contributed by atoms with Gasteiger partial charge in [-0.1, -0.05) is 19.3 Å². The van der Waals surface area contributed by atoms with Crippen molar-refractivity contribution in [2.24, 2.45) is 0 Å². The number of rotatable bonds is 3. The smallest absolute Gasteiger partial charge is 0.315 e. The van der Waals surface area contributed by atoms with Crippen molar-refractivity contribution in [1.82, 2.24) is 16.0 Å². The van der Waals surface area contributed by atoms with Crippen molar-refractivity contribution in [2.75, 3.05) is 19.6 Å². The van der Waals surface area contributed by atoms with Crippen LogP contribution in [0, 0.1) is 0 Å². The zero-order valence-electron chi connectivity index (χ0n) is 11.0. The summed E-state index contributed by atoms with van der Waals surface area (Å²) in [5.41, 5.74) is -0.776. The molecule has 1 unspecified atom stereocenters. The lowest BCUT2D eigenvalue weighted by atomic mass is 9.94. The summed E-state index contributed by atoms with van der Waals surface area (Å²) in [5, 5.41) is 19.2. The molecule has 4 N–H and O–H groups in total. The van der Waals surface area contributed by atoms with Gasteiger partial charge in [0.1, 0.15) is 0 Å². The van der Waals surface area contributed by atoms with Crippen LogP contribution in [0.15, 0.2) is 0 Å². The molecule has 5 heteroatoms. The van der Waals surface area contributed by atoms with Gasteiger partial charge in [0.05, 0.1) is 5.60 Å². The first kappa shape index (κ1) is 13.6. The van der Waals surface area contributed by atoms with Crippen molar-refractivity contribution in [3.8, 4) is 0 Å². The van der Waals surface area contributed by atoms with Crippen LogP contribution < -0.4 is 16.0 Å². The minimum absolute atomic E-state index is 0.138. The highest BCUT2D eigenvalue weighted by Gasteiger charge is 2.29. The van der Waals surface area contributed by atoms with Crippen LogP contribution in [-0.4, -0.2) is 42.4 Å². The van der Waals surface area contributed by atoms with Crippen molar-refractivity contribution in [3.63, 3.8) is 0 Å². The molecule has 1 aliphatic heterocycles. The Morgan fingerprint density at radius 1 is 1.28 bits per heavy atom. The van der Waals surface area contributed by atoms with Crippen molar-refractivity contribution >= 4 is 6.03 Å². The summed E-state index contributed by atoms with van der Waals surface area (Å²) in [5.74, 6) is 0. The Morgan fingerprint density at radius 3 is 2.72 bits per heavy atom. The number of nitrogens with one attached hydrogen (secondary N) is 3. The van der Waals surface area contributed by atoms with E-state index in [1.54, 1.807) is 0 Å². The maximum absolute atomic E-state index is 11.7. The number of piperidine rings is 1. The third-order valence-electron chi connectivity index (χ3n) is 3.97. The molecule has 1 saturated heterocycles. The van der Waals surface area contributed by atoms with E-state index in [1.165, 1.54) is 19.3 Å². The molecule has 2 rings (SSSR count). The molecular formula is C13H25N3O2. The molecule has 18 heavy (non-hydrogen) atoms. The van der Waals surface area contributed by atoms with Gasteiger partial charge in [-0.15, -0.1) is 0 Å². The zero-order valence-corrected chi connectivity index (χ0v) is 11.0. The van der Waals surface area contributed by atoms with E-state index in [0.29, 0.717) is 19.1 Å².